The summed E-state index contributed by atoms with van der Waals surface area (Å²) in [5.74, 6) is 1.55. The number of anilines is 2. The van der Waals surface area contributed by atoms with Crippen molar-refractivity contribution in [2.45, 2.75) is 31.3 Å². The van der Waals surface area contributed by atoms with Gasteiger partial charge in [-0.15, -0.1) is 23.7 Å². The second-order valence-electron chi connectivity index (χ2n) is 5.37. The fourth-order valence-electron chi connectivity index (χ4n) is 3.12. The topological polar surface area (TPSA) is 99.1 Å². The third-order valence-electron chi connectivity index (χ3n) is 4.11. The molecule has 1 aliphatic carbocycles. The van der Waals surface area contributed by atoms with Crippen LogP contribution in [0.5, 0.6) is 0 Å². The van der Waals surface area contributed by atoms with E-state index < -0.39 is 0 Å². The van der Waals surface area contributed by atoms with Crippen LogP contribution in [0.1, 0.15) is 29.2 Å². The summed E-state index contributed by atoms with van der Waals surface area (Å²) < 4.78 is 6.68. The first-order valence-corrected chi connectivity index (χ1v) is 7.99. The number of methoxy groups -OCH3 is 1. The molecule has 2 unspecified atom stereocenters. The maximum atomic E-state index is 5.84. The number of hydrogen-bond donors (Lipinski definition) is 3. The van der Waals surface area contributed by atoms with Gasteiger partial charge in [-0.05, 0) is 30.9 Å². The Kier molecular flexibility index (Phi) is 5.44. The van der Waals surface area contributed by atoms with Crippen LogP contribution in [0.15, 0.2) is 0 Å². The number of nitrogens with two attached hydrogens (primary N) is 2. The van der Waals surface area contributed by atoms with Crippen molar-refractivity contribution in [2.24, 2.45) is 5.73 Å². The van der Waals surface area contributed by atoms with Gasteiger partial charge in [0.2, 0.25) is 5.95 Å². The van der Waals surface area contributed by atoms with Crippen LogP contribution in [-0.2, 0) is 11.2 Å². The van der Waals surface area contributed by atoms with Crippen molar-refractivity contribution >= 4 is 45.7 Å². The first kappa shape index (κ1) is 17.2. The number of aromatic nitrogens is 2. The molecule has 6 nitrogen and oxygen atoms in total. The van der Waals surface area contributed by atoms with Crippen molar-refractivity contribution in [3.05, 3.63) is 10.4 Å². The predicted octanol–water partition coefficient (Wildman–Crippen LogP) is 2.13. The Morgan fingerprint density at radius 1 is 1.41 bits per heavy atom. The SMILES string of the molecule is CNc1nc(N)nc2c3c(sc12)C(CCN)CC(OC)C3.Cl. The van der Waals surface area contributed by atoms with E-state index in [9.17, 15) is 0 Å². The summed E-state index contributed by atoms with van der Waals surface area (Å²) in [7, 11) is 3.63. The van der Waals surface area contributed by atoms with E-state index >= 15 is 0 Å². The summed E-state index contributed by atoms with van der Waals surface area (Å²) >= 11 is 1.77. The molecule has 0 fully saturated rings. The number of thiophene rings is 1. The average molecular weight is 344 g/mol. The first-order chi connectivity index (χ1) is 10.2. The molecule has 8 heteroatoms. The van der Waals surface area contributed by atoms with Gasteiger partial charge in [-0.1, -0.05) is 0 Å². The summed E-state index contributed by atoms with van der Waals surface area (Å²) in [6.07, 6.45) is 3.09. The molecule has 0 radical (unpaired) electrons. The lowest BCUT2D eigenvalue weighted by Gasteiger charge is -2.28. The van der Waals surface area contributed by atoms with E-state index in [2.05, 4.69) is 15.3 Å². The summed E-state index contributed by atoms with van der Waals surface area (Å²) in [6, 6.07) is 0. The van der Waals surface area contributed by atoms with Gasteiger partial charge in [-0.25, -0.2) is 4.98 Å². The molecule has 122 valence electrons. The highest BCUT2D eigenvalue weighted by molar-refractivity contribution is 7.20. The summed E-state index contributed by atoms with van der Waals surface area (Å²) in [4.78, 5) is 10.1. The van der Waals surface area contributed by atoms with Crippen LogP contribution in [-0.4, -0.2) is 36.8 Å². The molecular formula is C14H22ClN5OS. The van der Waals surface area contributed by atoms with Crippen LogP contribution >= 0.6 is 23.7 Å². The molecule has 0 spiro atoms. The Bertz CT molecular complexity index is 662. The van der Waals surface area contributed by atoms with Gasteiger partial charge in [0.1, 0.15) is 5.82 Å². The van der Waals surface area contributed by atoms with Gasteiger partial charge in [0.25, 0.3) is 0 Å². The highest BCUT2D eigenvalue weighted by atomic mass is 35.5. The fourth-order valence-corrected chi connectivity index (χ4v) is 4.53. The maximum absolute atomic E-state index is 5.84. The van der Waals surface area contributed by atoms with E-state index in [1.165, 1.54) is 10.4 Å². The minimum atomic E-state index is 0. The fraction of sp³-hybridized carbons (Fsp3) is 0.571. The van der Waals surface area contributed by atoms with Gasteiger partial charge in [-0.3, -0.25) is 0 Å². The number of hydrogen-bond acceptors (Lipinski definition) is 7. The lowest BCUT2D eigenvalue weighted by molar-refractivity contribution is 0.0832. The van der Waals surface area contributed by atoms with Crippen LogP contribution in [0.4, 0.5) is 11.8 Å². The quantitative estimate of drug-likeness (QED) is 0.786. The molecular weight excluding hydrogens is 322 g/mol. The standard InChI is InChI=1S/C14H21N5OS.ClH/c1-17-13-12-10(18-14(16)19-13)9-6-8(20-2)5-7(3-4-15)11(9)21-12;/h7-8H,3-6,15H2,1-2H3,(H3,16,17,18,19);1H. The zero-order valence-corrected chi connectivity index (χ0v) is 14.4. The molecule has 2 atom stereocenters. The molecule has 0 aliphatic heterocycles. The van der Waals surface area contributed by atoms with Crippen molar-refractivity contribution in [1.82, 2.24) is 9.97 Å². The normalized spacial score (nSPS) is 20.5. The number of nitrogen functional groups attached to an aromatic ring is 1. The third kappa shape index (κ3) is 2.86. The number of fused-ring (bicyclic) bond motifs is 3. The van der Waals surface area contributed by atoms with Gasteiger partial charge in [0.05, 0.1) is 16.3 Å². The Hall–Kier alpha value is -1.15. The summed E-state index contributed by atoms with van der Waals surface area (Å²) in [5.41, 5.74) is 13.9. The van der Waals surface area contributed by atoms with Crippen molar-refractivity contribution in [3.8, 4) is 0 Å². The number of ether oxygens (including phenoxy) is 1. The summed E-state index contributed by atoms with van der Waals surface area (Å²) in [5, 5.41) is 3.12. The van der Waals surface area contributed by atoms with Crippen molar-refractivity contribution in [2.75, 3.05) is 31.8 Å². The number of nitrogens with one attached hydrogen (secondary N) is 1. The highest BCUT2D eigenvalue weighted by Gasteiger charge is 2.31. The molecule has 0 saturated heterocycles. The number of rotatable bonds is 4. The van der Waals surface area contributed by atoms with Crippen molar-refractivity contribution in [1.29, 1.82) is 0 Å². The molecule has 0 bridgehead atoms. The van der Waals surface area contributed by atoms with Gasteiger partial charge in [0.15, 0.2) is 0 Å². The van der Waals surface area contributed by atoms with Crippen LogP contribution in [0, 0.1) is 0 Å². The first-order valence-electron chi connectivity index (χ1n) is 7.17. The molecule has 5 N–H and O–H groups in total. The second-order valence-corrected chi connectivity index (χ2v) is 6.43. The Balaban J connectivity index is 0.00000176. The molecule has 0 saturated carbocycles. The Labute approximate surface area is 140 Å². The smallest absolute Gasteiger partial charge is 0.222 e. The van der Waals surface area contributed by atoms with E-state index in [-0.39, 0.29) is 18.5 Å². The molecule has 3 rings (SSSR count). The second kappa shape index (κ2) is 6.95. The predicted molar refractivity (Wildman–Crippen MR) is 94.2 cm³/mol. The van der Waals surface area contributed by atoms with E-state index in [0.717, 1.165) is 35.3 Å². The lowest BCUT2D eigenvalue weighted by atomic mass is 9.85. The highest BCUT2D eigenvalue weighted by Crippen LogP contribution is 2.45. The zero-order chi connectivity index (χ0) is 15.0. The third-order valence-corrected chi connectivity index (χ3v) is 5.50. The monoisotopic (exact) mass is 343 g/mol. The van der Waals surface area contributed by atoms with Gasteiger partial charge in [-0.2, -0.15) is 4.98 Å². The minimum Gasteiger partial charge on any atom is -0.381 e. The van der Waals surface area contributed by atoms with Crippen LogP contribution in [0.3, 0.4) is 0 Å². The number of nitrogens with zero attached hydrogens (tertiary/aromatic N) is 2. The van der Waals surface area contributed by atoms with Crippen molar-refractivity contribution < 1.29 is 4.74 Å². The molecule has 1 aliphatic rings. The average Bonchev–Trinajstić information content (AvgIpc) is 2.85. The van der Waals surface area contributed by atoms with E-state index in [4.69, 9.17) is 16.2 Å². The van der Waals surface area contributed by atoms with Gasteiger partial charge in [0, 0.05) is 25.5 Å². The lowest BCUT2D eigenvalue weighted by Crippen LogP contribution is -2.25. The summed E-state index contributed by atoms with van der Waals surface area (Å²) in [6.45, 7) is 0.682. The number of halogens is 1. The van der Waals surface area contributed by atoms with Gasteiger partial charge >= 0.3 is 0 Å². The molecule has 2 aromatic heterocycles. The maximum Gasteiger partial charge on any atom is 0.222 e. The molecule has 0 aromatic carbocycles. The molecule has 0 amide bonds. The Morgan fingerprint density at radius 2 is 2.18 bits per heavy atom. The van der Waals surface area contributed by atoms with E-state index in [1.54, 1.807) is 18.4 Å². The zero-order valence-electron chi connectivity index (χ0n) is 12.8. The van der Waals surface area contributed by atoms with Crippen LogP contribution < -0.4 is 16.8 Å². The van der Waals surface area contributed by atoms with Crippen molar-refractivity contribution in [3.63, 3.8) is 0 Å². The van der Waals surface area contributed by atoms with E-state index in [1.807, 2.05) is 7.05 Å². The van der Waals surface area contributed by atoms with E-state index in [0.29, 0.717) is 18.4 Å². The molecule has 2 heterocycles. The molecule has 2 aromatic rings. The molecule has 22 heavy (non-hydrogen) atoms. The van der Waals surface area contributed by atoms with Crippen LogP contribution in [0.2, 0.25) is 0 Å². The van der Waals surface area contributed by atoms with Gasteiger partial charge < -0.3 is 21.5 Å². The van der Waals surface area contributed by atoms with Crippen LogP contribution in [0.25, 0.3) is 10.2 Å². The largest absolute Gasteiger partial charge is 0.381 e. The Morgan fingerprint density at radius 3 is 2.82 bits per heavy atom. The minimum absolute atomic E-state index is 0.